The Morgan fingerprint density at radius 1 is 1.03 bits per heavy atom. The number of methoxy groups -OCH3 is 1. The summed E-state index contributed by atoms with van der Waals surface area (Å²) >= 11 is 0. The van der Waals surface area contributed by atoms with Crippen molar-refractivity contribution < 1.29 is 43.2 Å². The third-order valence-electron chi connectivity index (χ3n) is 5.72. The lowest BCUT2D eigenvalue weighted by Gasteiger charge is -2.44. The second kappa shape index (κ2) is 12.0. The summed E-state index contributed by atoms with van der Waals surface area (Å²) in [4.78, 5) is 38.2. The molecule has 10 heteroatoms. The van der Waals surface area contributed by atoms with E-state index in [4.69, 9.17) is 23.7 Å². The van der Waals surface area contributed by atoms with E-state index in [0.29, 0.717) is 18.5 Å². The van der Waals surface area contributed by atoms with E-state index >= 15 is 0 Å². The van der Waals surface area contributed by atoms with Crippen molar-refractivity contribution in [2.45, 2.75) is 57.4 Å². The number of carbonyl (C=O) groups excluding carboxylic acids is 3. The highest BCUT2D eigenvalue weighted by Crippen LogP contribution is 2.31. The van der Waals surface area contributed by atoms with Crippen LogP contribution in [0.2, 0.25) is 0 Å². The molecular formula is C24H31NO9. The van der Waals surface area contributed by atoms with Crippen molar-refractivity contribution in [1.82, 2.24) is 0 Å². The van der Waals surface area contributed by atoms with E-state index in [2.05, 4.69) is 5.32 Å². The molecule has 0 radical (unpaired) electrons. The number of fused-ring (bicyclic) bond motifs is 1. The molecule has 7 atom stereocenters. The highest BCUT2D eigenvalue weighted by Gasteiger charge is 2.53. The highest BCUT2D eigenvalue weighted by molar-refractivity contribution is 5.84. The van der Waals surface area contributed by atoms with Crippen LogP contribution in [0.3, 0.4) is 0 Å². The SMILES string of the molecule is CO[C@H]1O[C@H](CO)[C@@H]2OC(=O)[C@@H](C)C/C=C/C[C@H](C)C(=O)O[C@@H]2[C@H]1OC(=O)Nc1ccccc1. The van der Waals surface area contributed by atoms with Crippen LogP contribution in [0, 0.1) is 11.8 Å². The van der Waals surface area contributed by atoms with Crippen molar-refractivity contribution in [2.75, 3.05) is 19.0 Å². The zero-order chi connectivity index (χ0) is 24.7. The van der Waals surface area contributed by atoms with Crippen LogP contribution in [0.1, 0.15) is 26.7 Å². The van der Waals surface area contributed by atoms with E-state index in [0.717, 1.165) is 0 Å². The van der Waals surface area contributed by atoms with Crippen molar-refractivity contribution >= 4 is 23.7 Å². The molecule has 1 aromatic carbocycles. The number of aliphatic hydroxyl groups is 1. The molecule has 0 bridgehead atoms. The largest absolute Gasteiger partial charge is 0.455 e. The van der Waals surface area contributed by atoms with E-state index in [1.807, 2.05) is 12.2 Å². The topological polar surface area (TPSA) is 130 Å². The van der Waals surface area contributed by atoms with Crippen LogP contribution in [0.15, 0.2) is 42.5 Å². The standard InChI is InChI=1S/C24H31NO9/c1-14-9-7-8-10-15(2)22(28)33-19-18(32-21(14)27)17(13-26)31-23(30-3)20(19)34-24(29)25-16-11-5-4-6-12-16/h4-8,11-12,14-15,17-20,23,26H,9-10,13H2,1-3H3,(H,25,29)/b8-7+/t14-,15-,17+,18-,19-,20+,23-/m0/s1. The van der Waals surface area contributed by atoms with E-state index in [1.54, 1.807) is 44.2 Å². The average Bonchev–Trinajstić information content (AvgIpc) is 2.83. The van der Waals surface area contributed by atoms with Crippen LogP contribution in [0.25, 0.3) is 0 Å². The second-order valence-electron chi connectivity index (χ2n) is 8.37. The van der Waals surface area contributed by atoms with Gasteiger partial charge in [-0.05, 0) is 25.0 Å². The molecule has 0 unspecified atom stereocenters. The number of ether oxygens (including phenoxy) is 5. The molecule has 2 aliphatic rings. The number of nitrogens with one attached hydrogen (secondary N) is 1. The van der Waals surface area contributed by atoms with Crippen molar-refractivity contribution in [3.8, 4) is 0 Å². The van der Waals surface area contributed by atoms with Gasteiger partial charge in [0.1, 0.15) is 6.10 Å². The first kappa shape index (κ1) is 25.7. The number of aliphatic hydroxyl groups excluding tert-OH is 1. The fraction of sp³-hybridized carbons (Fsp3) is 0.542. The number of benzene rings is 1. The highest BCUT2D eigenvalue weighted by atomic mass is 16.7. The van der Waals surface area contributed by atoms with Gasteiger partial charge in [-0.1, -0.05) is 44.2 Å². The first-order valence-electron chi connectivity index (χ1n) is 11.2. The number of carbonyl (C=O) groups is 3. The summed E-state index contributed by atoms with van der Waals surface area (Å²) in [5.41, 5.74) is 0.485. The van der Waals surface area contributed by atoms with Crippen LogP contribution in [0.5, 0.6) is 0 Å². The number of amides is 1. The number of hydrogen-bond donors (Lipinski definition) is 2. The molecule has 1 fully saturated rings. The molecule has 1 amide bonds. The fourth-order valence-electron chi connectivity index (χ4n) is 3.70. The van der Waals surface area contributed by atoms with Crippen molar-refractivity contribution in [3.05, 3.63) is 42.5 Å². The summed E-state index contributed by atoms with van der Waals surface area (Å²) in [7, 11) is 1.32. The van der Waals surface area contributed by atoms with Crippen molar-refractivity contribution in [1.29, 1.82) is 0 Å². The molecule has 2 aliphatic heterocycles. The molecule has 3 rings (SSSR count). The maximum Gasteiger partial charge on any atom is 0.412 e. The van der Waals surface area contributed by atoms with Gasteiger partial charge in [0.25, 0.3) is 0 Å². The Labute approximate surface area is 198 Å². The van der Waals surface area contributed by atoms with Crippen LogP contribution in [-0.4, -0.2) is 67.6 Å². The molecule has 34 heavy (non-hydrogen) atoms. The van der Waals surface area contributed by atoms with Crippen LogP contribution in [0.4, 0.5) is 10.5 Å². The number of hydrogen-bond acceptors (Lipinski definition) is 9. The molecule has 0 aromatic heterocycles. The van der Waals surface area contributed by atoms with Gasteiger partial charge in [0.05, 0.1) is 18.4 Å². The Kier molecular flexibility index (Phi) is 9.03. The van der Waals surface area contributed by atoms with Gasteiger partial charge in [0.15, 0.2) is 24.6 Å². The summed E-state index contributed by atoms with van der Waals surface area (Å²) in [6.45, 7) is 2.87. The summed E-state index contributed by atoms with van der Waals surface area (Å²) in [5, 5.41) is 12.5. The Morgan fingerprint density at radius 3 is 2.18 bits per heavy atom. The van der Waals surface area contributed by atoms with Gasteiger partial charge in [-0.2, -0.15) is 0 Å². The van der Waals surface area contributed by atoms with Gasteiger partial charge in [0, 0.05) is 12.8 Å². The molecule has 1 saturated heterocycles. The molecule has 0 saturated carbocycles. The van der Waals surface area contributed by atoms with Crippen LogP contribution < -0.4 is 5.32 Å². The smallest absolute Gasteiger partial charge is 0.412 e. The number of anilines is 1. The monoisotopic (exact) mass is 477 g/mol. The third kappa shape index (κ3) is 6.34. The predicted octanol–water partition coefficient (Wildman–Crippen LogP) is 2.41. The summed E-state index contributed by atoms with van der Waals surface area (Å²) in [5.74, 6) is -2.12. The predicted molar refractivity (Wildman–Crippen MR) is 120 cm³/mol. The number of rotatable bonds is 4. The molecular weight excluding hydrogens is 446 g/mol. The molecule has 186 valence electrons. The zero-order valence-corrected chi connectivity index (χ0v) is 19.4. The lowest BCUT2D eigenvalue weighted by Crippen LogP contribution is -2.63. The normalized spacial score (nSPS) is 33.2. The minimum atomic E-state index is -1.28. The Balaban J connectivity index is 1.92. The molecule has 1 aromatic rings. The quantitative estimate of drug-likeness (QED) is 0.381. The maximum atomic E-state index is 12.8. The molecule has 0 aliphatic carbocycles. The second-order valence-corrected chi connectivity index (χ2v) is 8.37. The van der Waals surface area contributed by atoms with Gasteiger partial charge in [-0.3, -0.25) is 14.9 Å². The summed E-state index contributed by atoms with van der Waals surface area (Å²) < 4.78 is 28.0. The summed E-state index contributed by atoms with van der Waals surface area (Å²) in [6.07, 6.45) is -2.41. The number of para-hydroxylation sites is 1. The van der Waals surface area contributed by atoms with Gasteiger partial charge >= 0.3 is 18.0 Å². The summed E-state index contributed by atoms with van der Waals surface area (Å²) in [6, 6.07) is 8.62. The Bertz CT molecular complexity index is 874. The lowest BCUT2D eigenvalue weighted by molar-refractivity contribution is -0.299. The fourth-order valence-corrected chi connectivity index (χ4v) is 3.70. The first-order chi connectivity index (χ1) is 16.3. The molecule has 2 N–H and O–H groups in total. The average molecular weight is 478 g/mol. The lowest BCUT2D eigenvalue weighted by atomic mass is 9.97. The maximum absolute atomic E-state index is 12.8. The van der Waals surface area contributed by atoms with Crippen molar-refractivity contribution in [2.24, 2.45) is 11.8 Å². The zero-order valence-electron chi connectivity index (χ0n) is 19.4. The van der Waals surface area contributed by atoms with Crippen LogP contribution >= 0.6 is 0 Å². The molecule has 0 spiro atoms. The van der Waals surface area contributed by atoms with E-state index in [1.165, 1.54) is 7.11 Å². The third-order valence-corrected chi connectivity index (χ3v) is 5.72. The minimum Gasteiger partial charge on any atom is -0.455 e. The number of allylic oxidation sites excluding steroid dienone is 2. The molecule has 2 heterocycles. The van der Waals surface area contributed by atoms with Gasteiger partial charge in [-0.25, -0.2) is 4.79 Å². The van der Waals surface area contributed by atoms with E-state index in [-0.39, 0.29) is 0 Å². The number of esters is 2. The minimum absolute atomic E-state index is 0.408. The van der Waals surface area contributed by atoms with E-state index < -0.39 is 67.2 Å². The molecule has 10 nitrogen and oxygen atoms in total. The van der Waals surface area contributed by atoms with Crippen LogP contribution in [-0.2, 0) is 33.3 Å². The van der Waals surface area contributed by atoms with E-state index in [9.17, 15) is 19.5 Å². The van der Waals surface area contributed by atoms with Gasteiger partial charge in [-0.15, -0.1) is 0 Å². The first-order valence-corrected chi connectivity index (χ1v) is 11.2. The Hall–Kier alpha value is -2.95. The Morgan fingerprint density at radius 2 is 1.62 bits per heavy atom. The van der Waals surface area contributed by atoms with Crippen molar-refractivity contribution in [3.63, 3.8) is 0 Å². The van der Waals surface area contributed by atoms with Gasteiger partial charge in [0.2, 0.25) is 0 Å². The van der Waals surface area contributed by atoms with Gasteiger partial charge < -0.3 is 28.8 Å².